The zero-order valence-corrected chi connectivity index (χ0v) is 59.3. The van der Waals surface area contributed by atoms with Gasteiger partial charge in [-0.3, -0.25) is 25.0 Å². The van der Waals surface area contributed by atoms with Crippen LogP contribution in [0.1, 0.15) is 99.3 Å². The molecule has 0 saturated carbocycles. The van der Waals surface area contributed by atoms with Crippen molar-refractivity contribution in [1.29, 1.82) is 0 Å². The number of fused-ring (bicyclic) bond motifs is 2. The number of hydrogen-bond acceptors (Lipinski definition) is 13. The average molecular weight is 1310 g/mol. The number of hydrogen-bond donors (Lipinski definition) is 3. The van der Waals surface area contributed by atoms with Crippen molar-refractivity contribution in [2.45, 2.75) is 125 Å². The summed E-state index contributed by atoms with van der Waals surface area (Å²) in [5.41, 5.74) is 7.14. The summed E-state index contributed by atoms with van der Waals surface area (Å²) in [5.74, 6) is -0.521. The SMILES string of the molecule is C.COC(=O)C[C@H](C)N(Cc1ccccc1C)c1ccc(NC(=O)OC(C)(C)C)c2ccccc12.COC(=O)C[C@H](C)Nc1ccc(NC(=O)OC(C)(C)C)c2ccccc12.Cc1ccccc1CBr.O=CO[O-].[H-].[I-].[K+].[K+].[Na+]. The Balaban J connectivity index is -0.000000554. The number of nitrogens with one attached hydrogen (secondary N) is 3. The number of alkyl halides is 1. The Morgan fingerprint density at radius 3 is 1.41 bits per heavy atom. The second-order valence-corrected chi connectivity index (χ2v) is 19.5. The van der Waals surface area contributed by atoms with Crippen LogP contribution < -0.4 is 182 Å². The van der Waals surface area contributed by atoms with Crippen LogP contribution >= 0.6 is 15.9 Å². The van der Waals surface area contributed by atoms with Crippen LogP contribution in [-0.2, 0) is 50.1 Å². The number of carbonyl (C=O) groups is 5. The van der Waals surface area contributed by atoms with Gasteiger partial charge in [-0.2, -0.15) is 0 Å². The molecule has 20 heteroatoms. The van der Waals surface area contributed by atoms with Gasteiger partial charge in [0.05, 0.1) is 38.4 Å². The number of rotatable bonds is 14. The molecular formula is C58H75BrIK2N4NaO11. The number of ether oxygens (including phenoxy) is 4. The zero-order chi connectivity index (χ0) is 54.3. The molecule has 0 heterocycles. The molecule has 15 nitrogen and oxygen atoms in total. The number of anilines is 4. The van der Waals surface area contributed by atoms with Crippen LogP contribution in [0.3, 0.4) is 0 Å². The van der Waals surface area contributed by atoms with Crippen LogP contribution in [0.5, 0.6) is 0 Å². The van der Waals surface area contributed by atoms with E-state index in [0.717, 1.165) is 38.2 Å². The van der Waals surface area contributed by atoms with E-state index in [-0.39, 0.29) is 208 Å². The molecule has 78 heavy (non-hydrogen) atoms. The van der Waals surface area contributed by atoms with E-state index >= 15 is 0 Å². The number of halogens is 2. The van der Waals surface area contributed by atoms with Crippen molar-refractivity contribution in [2.24, 2.45) is 0 Å². The molecule has 410 valence electrons. The predicted molar refractivity (Wildman–Crippen MR) is 300 cm³/mol. The fourth-order valence-electron chi connectivity index (χ4n) is 7.30. The van der Waals surface area contributed by atoms with Gasteiger partial charge in [-0.05, 0) is 116 Å². The summed E-state index contributed by atoms with van der Waals surface area (Å²) in [6.45, 7) is 19.6. The molecule has 0 bridgehead atoms. The predicted octanol–water partition coefficient (Wildman–Crippen LogP) is 1.09. The molecule has 0 radical (unpaired) electrons. The van der Waals surface area contributed by atoms with Crippen molar-refractivity contribution in [3.05, 3.63) is 144 Å². The molecule has 6 rings (SSSR count). The van der Waals surface area contributed by atoms with Crippen LogP contribution in [0, 0.1) is 13.8 Å². The van der Waals surface area contributed by atoms with Gasteiger partial charge in [-0.1, -0.05) is 120 Å². The Morgan fingerprint density at radius 1 is 0.628 bits per heavy atom. The van der Waals surface area contributed by atoms with E-state index in [1.54, 1.807) is 0 Å². The van der Waals surface area contributed by atoms with E-state index in [2.05, 4.69) is 91.9 Å². The molecule has 0 aliphatic carbocycles. The fourth-order valence-corrected chi connectivity index (χ4v) is 7.93. The Labute approximate surface area is 596 Å². The first-order valence-corrected chi connectivity index (χ1v) is 24.7. The second kappa shape index (κ2) is 40.9. The number of nitrogens with zero attached hydrogens (tertiary/aromatic N) is 1. The van der Waals surface area contributed by atoms with Crippen LogP contribution in [0.15, 0.2) is 121 Å². The van der Waals surface area contributed by atoms with Crippen LogP contribution in [-0.4, -0.2) is 68.1 Å². The molecule has 6 aromatic carbocycles. The largest absolute Gasteiger partial charge is 1.00 e. The first-order valence-electron chi connectivity index (χ1n) is 23.6. The number of methoxy groups -OCH3 is 2. The van der Waals surface area contributed by atoms with E-state index in [0.29, 0.717) is 17.9 Å². The van der Waals surface area contributed by atoms with Gasteiger partial charge in [0.2, 0.25) is 0 Å². The van der Waals surface area contributed by atoms with E-state index in [1.807, 2.05) is 140 Å². The standard InChI is InChI=1S/C28H34N2O4.C20H26N2O4.C8H9Br.CH2O3.CH4.HI.2K.Na.H/c1-19-11-7-8-12-21(19)18-30(20(2)17-26(31)33-6)25-16-15-24(22-13-9-10-14-23(22)25)29-27(32)34-28(3,4)5;1-13(12-18(23)25-5)21-16-10-11-17(15-9-7-6-8-14(15)16)22-19(24)26-20(2,3)4;1-7-4-2-3-5-8(7)6-9;2-1-4-3;;;;;;/h7-16,20H,17-18H2,1-6H3,(H,29,32);6-11,13,21H,12H2,1-5H3,(H,22,24);2-5H,6H2,1H3;1,3H;1H4;1H;;;;/q;;;;;;3*+1;-1/p-2/t20-;13-;;;;;;;;/m00......../s1. The number of esters is 2. The monoisotopic (exact) mass is 1310 g/mol. The molecule has 0 aliphatic rings. The van der Waals surface area contributed by atoms with E-state index in [1.165, 1.54) is 36.5 Å². The van der Waals surface area contributed by atoms with Crippen molar-refractivity contribution in [1.82, 2.24) is 0 Å². The van der Waals surface area contributed by atoms with Crippen molar-refractivity contribution in [3.63, 3.8) is 0 Å². The normalized spacial score (nSPS) is 10.8. The minimum Gasteiger partial charge on any atom is -1.00 e. The maximum atomic E-state index is 12.4. The second-order valence-electron chi connectivity index (χ2n) is 18.9. The Bertz CT molecular complexity index is 2790. The maximum Gasteiger partial charge on any atom is 1.00 e. The van der Waals surface area contributed by atoms with Gasteiger partial charge in [0.1, 0.15) is 11.2 Å². The quantitative estimate of drug-likeness (QED) is 0.0206. The van der Waals surface area contributed by atoms with Crippen molar-refractivity contribution in [3.8, 4) is 0 Å². The number of carbonyl (C=O) groups excluding carboxylic acids is 5. The minimum atomic E-state index is -0.590. The summed E-state index contributed by atoms with van der Waals surface area (Å²) in [7, 11) is 2.79. The average Bonchev–Trinajstić information content (AvgIpc) is 3.34. The Kier molecular flexibility index (Phi) is 42.0. The third kappa shape index (κ3) is 28.7. The molecule has 0 saturated heterocycles. The molecule has 0 aromatic heterocycles. The van der Waals surface area contributed by atoms with Crippen molar-refractivity contribution < 1.29 is 211 Å². The number of aryl methyl sites for hydroxylation is 2. The summed E-state index contributed by atoms with van der Waals surface area (Å²) in [4.78, 5) is 61.6. The summed E-state index contributed by atoms with van der Waals surface area (Å²) in [5, 5.41) is 22.1. The summed E-state index contributed by atoms with van der Waals surface area (Å²) in [6, 6.07) is 39.6. The van der Waals surface area contributed by atoms with Crippen molar-refractivity contribution >= 4 is 90.8 Å². The number of amides is 2. The zero-order valence-electron chi connectivity index (χ0n) is 48.3. The molecule has 2 atom stereocenters. The van der Waals surface area contributed by atoms with Crippen molar-refractivity contribution in [2.75, 3.05) is 35.1 Å². The van der Waals surface area contributed by atoms with Gasteiger partial charge in [0.25, 0.3) is 6.47 Å². The Morgan fingerprint density at radius 2 is 1.00 bits per heavy atom. The molecule has 6 aromatic rings. The molecule has 0 aliphatic heterocycles. The molecule has 0 spiro atoms. The van der Waals surface area contributed by atoms with Gasteiger partial charge in [0, 0.05) is 56.9 Å². The topological polar surface area (TPSA) is 194 Å². The maximum absolute atomic E-state index is 12.4. The van der Waals surface area contributed by atoms with Crippen LogP contribution in [0.2, 0.25) is 0 Å². The van der Waals surface area contributed by atoms with Crippen LogP contribution in [0.4, 0.5) is 32.3 Å². The fraction of sp³-hybridized carbons (Fsp3) is 0.362. The minimum absolute atomic E-state index is 0. The van der Waals surface area contributed by atoms with Crippen LogP contribution in [0.25, 0.3) is 21.5 Å². The van der Waals surface area contributed by atoms with Gasteiger partial charge < -0.3 is 64.7 Å². The van der Waals surface area contributed by atoms with Gasteiger partial charge >= 0.3 is 156 Å². The molecule has 0 unspecified atom stereocenters. The summed E-state index contributed by atoms with van der Waals surface area (Å²) in [6.07, 6.45) is -0.471. The number of benzene rings is 6. The Hall–Kier alpha value is -2.17. The molecule has 0 fully saturated rings. The van der Waals surface area contributed by atoms with E-state index < -0.39 is 23.4 Å². The first-order chi connectivity index (χ1) is 34.5. The summed E-state index contributed by atoms with van der Waals surface area (Å²) >= 11 is 3.41. The smallest absolute Gasteiger partial charge is 1.00 e. The third-order valence-corrected chi connectivity index (χ3v) is 11.4. The first kappa shape index (κ1) is 80.1. The van der Waals surface area contributed by atoms with E-state index in [9.17, 15) is 19.2 Å². The molecule has 2 amide bonds. The van der Waals surface area contributed by atoms with E-state index in [4.69, 9.17) is 29.0 Å². The van der Waals surface area contributed by atoms with Gasteiger partial charge in [-0.15, -0.1) is 0 Å². The molecular weight excluding hydrogens is 1240 g/mol. The summed E-state index contributed by atoms with van der Waals surface area (Å²) < 4.78 is 20.4. The van der Waals surface area contributed by atoms with Gasteiger partial charge in [-0.25, -0.2) is 9.59 Å². The molecule has 3 N–H and O–H groups in total. The van der Waals surface area contributed by atoms with Gasteiger partial charge in [0.15, 0.2) is 0 Å². The third-order valence-electron chi connectivity index (χ3n) is 10.8.